The molecular formula is C10H17NO3S. The van der Waals surface area contributed by atoms with Crippen LogP contribution in [-0.2, 0) is 9.84 Å². The second-order valence-corrected chi connectivity index (χ2v) is 5.90. The summed E-state index contributed by atoms with van der Waals surface area (Å²) in [6, 6.07) is 3.73. The lowest BCUT2D eigenvalue weighted by Gasteiger charge is -2.10. The van der Waals surface area contributed by atoms with Gasteiger partial charge in [0.25, 0.3) is 0 Å². The highest BCUT2D eigenvalue weighted by molar-refractivity contribution is 7.91. The van der Waals surface area contributed by atoms with Gasteiger partial charge in [-0.05, 0) is 19.1 Å². The maximum absolute atomic E-state index is 11.2. The van der Waals surface area contributed by atoms with Crippen LogP contribution in [0.25, 0.3) is 0 Å². The van der Waals surface area contributed by atoms with Gasteiger partial charge in [-0.15, -0.1) is 0 Å². The van der Waals surface area contributed by atoms with Gasteiger partial charge < -0.3 is 9.73 Å². The third-order valence-electron chi connectivity index (χ3n) is 2.27. The van der Waals surface area contributed by atoms with E-state index in [-0.39, 0.29) is 17.5 Å². The zero-order chi connectivity index (χ0) is 11.3. The van der Waals surface area contributed by atoms with Crippen molar-refractivity contribution in [2.24, 2.45) is 0 Å². The Morgan fingerprint density at radius 3 is 2.80 bits per heavy atom. The number of furan rings is 1. The Bertz CT molecular complexity index is 369. The number of hydrogen-bond donors (Lipinski definition) is 1. The molecule has 4 nitrogen and oxygen atoms in total. The Morgan fingerprint density at radius 2 is 2.27 bits per heavy atom. The Morgan fingerprint density at radius 1 is 1.53 bits per heavy atom. The zero-order valence-corrected chi connectivity index (χ0v) is 9.88. The lowest BCUT2D eigenvalue weighted by Crippen LogP contribution is -2.26. The van der Waals surface area contributed by atoms with E-state index in [0.717, 1.165) is 5.76 Å². The average molecular weight is 231 g/mol. The molecule has 0 amide bonds. The minimum absolute atomic E-state index is 0.0482. The van der Waals surface area contributed by atoms with Crippen molar-refractivity contribution in [2.45, 2.75) is 19.9 Å². The van der Waals surface area contributed by atoms with Crippen LogP contribution in [0.4, 0.5) is 0 Å². The highest BCUT2D eigenvalue weighted by atomic mass is 32.2. The molecule has 86 valence electrons. The smallest absolute Gasteiger partial charge is 0.151 e. The number of rotatable bonds is 6. The monoisotopic (exact) mass is 231 g/mol. The summed E-state index contributed by atoms with van der Waals surface area (Å²) in [7, 11) is -2.88. The van der Waals surface area contributed by atoms with Crippen LogP contribution in [0.3, 0.4) is 0 Å². The van der Waals surface area contributed by atoms with Crippen LogP contribution in [0.15, 0.2) is 22.8 Å². The molecule has 0 aliphatic carbocycles. The second kappa shape index (κ2) is 5.32. The number of nitrogens with one attached hydrogen (secondary N) is 1. The molecule has 1 aromatic heterocycles. The summed E-state index contributed by atoms with van der Waals surface area (Å²) in [6.07, 6.45) is 1.61. The Hall–Kier alpha value is -0.810. The van der Waals surface area contributed by atoms with E-state index in [1.54, 1.807) is 13.2 Å². The van der Waals surface area contributed by atoms with Gasteiger partial charge in [0.15, 0.2) is 9.84 Å². The summed E-state index contributed by atoms with van der Waals surface area (Å²) >= 11 is 0. The molecule has 0 bridgehead atoms. The molecule has 1 atom stereocenters. The molecule has 0 spiro atoms. The molecule has 15 heavy (non-hydrogen) atoms. The van der Waals surface area contributed by atoms with Crippen molar-refractivity contribution in [2.75, 3.05) is 18.1 Å². The summed E-state index contributed by atoms with van der Waals surface area (Å²) < 4.78 is 27.6. The first-order chi connectivity index (χ1) is 7.05. The standard InChI is InChI=1S/C10H17NO3S/c1-3-15(12,13)8-6-11-9(2)10-5-4-7-14-10/h4-5,7,9,11H,3,6,8H2,1-2H3/t9-/m0/s1. The van der Waals surface area contributed by atoms with Crippen LogP contribution in [-0.4, -0.2) is 26.5 Å². The van der Waals surface area contributed by atoms with Crippen LogP contribution in [0.5, 0.6) is 0 Å². The van der Waals surface area contributed by atoms with Crippen molar-refractivity contribution in [3.05, 3.63) is 24.2 Å². The van der Waals surface area contributed by atoms with Crippen LogP contribution >= 0.6 is 0 Å². The minimum Gasteiger partial charge on any atom is -0.468 e. The maximum atomic E-state index is 11.2. The third-order valence-corrected chi connectivity index (χ3v) is 3.98. The largest absolute Gasteiger partial charge is 0.468 e. The van der Waals surface area contributed by atoms with Gasteiger partial charge in [0.1, 0.15) is 5.76 Å². The van der Waals surface area contributed by atoms with Crippen molar-refractivity contribution in [1.82, 2.24) is 5.32 Å². The molecule has 0 aliphatic rings. The van der Waals surface area contributed by atoms with E-state index >= 15 is 0 Å². The van der Waals surface area contributed by atoms with Gasteiger partial charge in [-0.1, -0.05) is 6.92 Å². The fourth-order valence-electron chi connectivity index (χ4n) is 1.21. The van der Waals surface area contributed by atoms with Gasteiger partial charge in [-0.25, -0.2) is 8.42 Å². The second-order valence-electron chi connectivity index (χ2n) is 3.43. The molecule has 0 aromatic carbocycles. The van der Waals surface area contributed by atoms with E-state index in [2.05, 4.69) is 5.32 Å². The highest BCUT2D eigenvalue weighted by Crippen LogP contribution is 2.11. The first-order valence-corrected chi connectivity index (χ1v) is 6.84. The molecule has 0 radical (unpaired) electrons. The van der Waals surface area contributed by atoms with Gasteiger partial charge in [0, 0.05) is 12.3 Å². The molecule has 0 fully saturated rings. The minimum atomic E-state index is -2.88. The molecule has 0 aliphatic heterocycles. The summed E-state index contributed by atoms with van der Waals surface area (Å²) in [5.41, 5.74) is 0. The fourth-order valence-corrected chi connectivity index (χ4v) is 1.93. The predicted molar refractivity (Wildman–Crippen MR) is 59.5 cm³/mol. The molecule has 1 heterocycles. The molecule has 1 N–H and O–H groups in total. The van der Waals surface area contributed by atoms with E-state index in [4.69, 9.17) is 4.42 Å². The van der Waals surface area contributed by atoms with Crippen LogP contribution in [0.1, 0.15) is 25.6 Å². The Kier molecular flexibility index (Phi) is 4.35. The quantitative estimate of drug-likeness (QED) is 0.803. The fraction of sp³-hybridized carbons (Fsp3) is 0.600. The summed E-state index contributed by atoms with van der Waals surface area (Å²) in [4.78, 5) is 0. The summed E-state index contributed by atoms with van der Waals surface area (Å²) in [6.45, 7) is 4.06. The molecule has 0 saturated carbocycles. The van der Waals surface area contributed by atoms with Gasteiger partial charge in [-0.2, -0.15) is 0 Å². The van der Waals surface area contributed by atoms with E-state index in [1.165, 1.54) is 0 Å². The highest BCUT2D eigenvalue weighted by Gasteiger charge is 2.10. The molecule has 1 rings (SSSR count). The lowest BCUT2D eigenvalue weighted by molar-refractivity contribution is 0.437. The van der Waals surface area contributed by atoms with Crippen molar-refractivity contribution in [3.8, 4) is 0 Å². The lowest BCUT2D eigenvalue weighted by atomic mass is 10.2. The maximum Gasteiger partial charge on any atom is 0.151 e. The predicted octanol–water partition coefficient (Wildman–Crippen LogP) is 1.36. The average Bonchev–Trinajstić information content (AvgIpc) is 2.70. The first kappa shape index (κ1) is 12.3. The van der Waals surface area contributed by atoms with Gasteiger partial charge in [-0.3, -0.25) is 0 Å². The summed E-state index contributed by atoms with van der Waals surface area (Å²) in [5, 5.41) is 3.10. The molecule has 1 aromatic rings. The van der Waals surface area contributed by atoms with Crippen LogP contribution in [0.2, 0.25) is 0 Å². The van der Waals surface area contributed by atoms with Gasteiger partial charge >= 0.3 is 0 Å². The van der Waals surface area contributed by atoms with E-state index in [0.29, 0.717) is 6.54 Å². The van der Waals surface area contributed by atoms with Crippen molar-refractivity contribution in [1.29, 1.82) is 0 Å². The number of sulfone groups is 1. The molecule has 0 saturated heterocycles. The van der Waals surface area contributed by atoms with Crippen LogP contribution < -0.4 is 5.32 Å². The van der Waals surface area contributed by atoms with E-state index < -0.39 is 9.84 Å². The van der Waals surface area contributed by atoms with Crippen molar-refractivity contribution >= 4 is 9.84 Å². The topological polar surface area (TPSA) is 59.3 Å². The van der Waals surface area contributed by atoms with Crippen LogP contribution in [0, 0.1) is 0 Å². The van der Waals surface area contributed by atoms with Crippen molar-refractivity contribution < 1.29 is 12.8 Å². The third kappa shape index (κ3) is 4.05. The Balaban J connectivity index is 2.33. The van der Waals surface area contributed by atoms with E-state index in [1.807, 2.05) is 19.1 Å². The summed E-state index contributed by atoms with van der Waals surface area (Å²) in [5.74, 6) is 1.20. The molecule has 0 unspecified atom stereocenters. The zero-order valence-electron chi connectivity index (χ0n) is 9.06. The van der Waals surface area contributed by atoms with Gasteiger partial charge in [0.05, 0.1) is 18.1 Å². The van der Waals surface area contributed by atoms with Gasteiger partial charge in [0.2, 0.25) is 0 Å². The Labute approximate surface area is 90.6 Å². The molecule has 5 heteroatoms. The SMILES string of the molecule is CCS(=O)(=O)CCN[C@@H](C)c1ccco1. The normalized spacial score (nSPS) is 14.0. The molecular weight excluding hydrogens is 214 g/mol. The van der Waals surface area contributed by atoms with E-state index in [9.17, 15) is 8.42 Å². The first-order valence-electron chi connectivity index (χ1n) is 5.02. The van der Waals surface area contributed by atoms with Crippen molar-refractivity contribution in [3.63, 3.8) is 0 Å². The number of hydrogen-bond acceptors (Lipinski definition) is 4.